The lowest BCUT2D eigenvalue weighted by atomic mass is 10.3. The van der Waals surface area contributed by atoms with Crippen molar-refractivity contribution in [3.63, 3.8) is 0 Å². The molecule has 0 unspecified atom stereocenters. The number of rotatable bonds is 3. The average Bonchev–Trinajstić information content (AvgIpc) is 2.50. The quantitative estimate of drug-likeness (QED) is 0.662. The van der Waals surface area contributed by atoms with Crippen LogP contribution in [0.2, 0.25) is 0 Å². The van der Waals surface area contributed by atoms with Crippen LogP contribution >= 0.6 is 0 Å². The molecule has 1 aromatic carbocycles. The minimum atomic E-state index is -0.678. The van der Waals surface area contributed by atoms with Crippen molar-refractivity contribution in [2.45, 2.75) is 6.54 Å². The van der Waals surface area contributed by atoms with E-state index in [-0.39, 0.29) is 18.1 Å². The van der Waals surface area contributed by atoms with Crippen molar-refractivity contribution >= 4 is 0 Å². The Morgan fingerprint density at radius 2 is 1.86 bits per heavy atom. The lowest BCUT2D eigenvalue weighted by molar-refractivity contribution is 0.771. The zero-order valence-corrected chi connectivity index (χ0v) is 11.6. The zero-order valence-electron chi connectivity index (χ0n) is 11.6. The van der Waals surface area contributed by atoms with Gasteiger partial charge in [-0.15, -0.1) is 0 Å². The van der Waals surface area contributed by atoms with Gasteiger partial charge in [0.2, 0.25) is 0 Å². The maximum Gasteiger partial charge on any atom is 0.357 e. The maximum atomic E-state index is 12.6. The number of para-hydroxylation sites is 1. The first-order chi connectivity index (χ1) is 10.6. The summed E-state index contributed by atoms with van der Waals surface area (Å²) in [6, 6.07) is 8.47. The van der Waals surface area contributed by atoms with E-state index in [4.69, 9.17) is 0 Å². The second kappa shape index (κ2) is 5.32. The minimum Gasteiger partial charge on any atom is -0.332 e. The average molecular weight is 297 g/mol. The van der Waals surface area contributed by atoms with Crippen LogP contribution in [-0.4, -0.2) is 19.1 Å². The second-order valence-corrected chi connectivity index (χ2v) is 4.67. The highest BCUT2D eigenvalue weighted by molar-refractivity contribution is 5.50. The van der Waals surface area contributed by atoms with Gasteiger partial charge in [-0.05, 0) is 12.1 Å². The molecule has 22 heavy (non-hydrogen) atoms. The maximum absolute atomic E-state index is 12.6. The van der Waals surface area contributed by atoms with Gasteiger partial charge < -0.3 is 4.57 Å². The van der Waals surface area contributed by atoms with Gasteiger partial charge in [0.25, 0.3) is 5.56 Å². The third kappa shape index (κ3) is 2.20. The SMILES string of the molecule is Cn1cc(CN=O)nc2c(=O)n(-c3ccccc3)c(=O)nc1-2. The molecule has 0 fully saturated rings. The molecule has 0 radical (unpaired) electrons. The molecule has 2 heterocycles. The van der Waals surface area contributed by atoms with Gasteiger partial charge in [-0.1, -0.05) is 23.4 Å². The van der Waals surface area contributed by atoms with Crippen LogP contribution in [0.4, 0.5) is 0 Å². The first-order valence-corrected chi connectivity index (χ1v) is 6.45. The fourth-order valence-corrected chi connectivity index (χ4v) is 2.23. The van der Waals surface area contributed by atoms with E-state index in [0.717, 1.165) is 4.57 Å². The van der Waals surface area contributed by atoms with Gasteiger partial charge in [0, 0.05) is 13.2 Å². The van der Waals surface area contributed by atoms with Crippen LogP contribution in [0.25, 0.3) is 17.2 Å². The van der Waals surface area contributed by atoms with E-state index in [0.29, 0.717) is 11.4 Å². The van der Waals surface area contributed by atoms with Crippen molar-refractivity contribution in [2.75, 3.05) is 0 Å². The Balaban J connectivity index is 2.37. The predicted octanol–water partition coefficient (Wildman–Crippen LogP) is 0.697. The number of aromatic nitrogens is 4. The third-order valence-corrected chi connectivity index (χ3v) is 3.18. The Morgan fingerprint density at radius 1 is 1.14 bits per heavy atom. The van der Waals surface area contributed by atoms with Gasteiger partial charge in [-0.3, -0.25) is 4.79 Å². The number of aryl methyl sites for hydroxylation is 1. The minimum absolute atomic E-state index is 0.0205. The van der Waals surface area contributed by atoms with Crippen molar-refractivity contribution in [3.05, 3.63) is 68.0 Å². The molecule has 0 bridgehead atoms. The highest BCUT2D eigenvalue weighted by atomic mass is 16.3. The molecule has 8 heteroatoms. The number of hydrogen-bond acceptors (Lipinski definition) is 6. The van der Waals surface area contributed by atoms with Crippen LogP contribution in [-0.2, 0) is 13.6 Å². The highest BCUT2D eigenvalue weighted by Crippen LogP contribution is 2.12. The summed E-state index contributed by atoms with van der Waals surface area (Å²) in [4.78, 5) is 43.2. The molecule has 1 aromatic rings. The van der Waals surface area contributed by atoms with Gasteiger partial charge in [0.1, 0.15) is 6.54 Å². The van der Waals surface area contributed by atoms with Gasteiger partial charge in [-0.2, -0.15) is 9.89 Å². The summed E-state index contributed by atoms with van der Waals surface area (Å²) in [6.45, 7) is -0.159. The second-order valence-electron chi connectivity index (χ2n) is 4.67. The predicted molar refractivity (Wildman–Crippen MR) is 79.0 cm³/mol. The zero-order chi connectivity index (χ0) is 15.7. The molecule has 0 saturated heterocycles. The lowest BCUT2D eigenvalue weighted by Crippen LogP contribution is -2.37. The molecule has 0 amide bonds. The molecular weight excluding hydrogens is 286 g/mol. The van der Waals surface area contributed by atoms with E-state index in [1.54, 1.807) is 37.4 Å². The topological polar surface area (TPSA) is 99.2 Å². The third-order valence-electron chi connectivity index (χ3n) is 3.18. The molecule has 2 aliphatic rings. The molecule has 0 spiro atoms. The molecule has 3 rings (SSSR count). The van der Waals surface area contributed by atoms with Crippen molar-refractivity contribution in [1.82, 2.24) is 19.1 Å². The molecule has 0 N–H and O–H groups in total. The van der Waals surface area contributed by atoms with Crippen LogP contribution in [0, 0.1) is 4.91 Å². The largest absolute Gasteiger partial charge is 0.357 e. The number of fused-ring (bicyclic) bond motifs is 1. The summed E-state index contributed by atoms with van der Waals surface area (Å²) in [5.41, 5.74) is -0.489. The molecule has 0 aromatic heterocycles. The normalized spacial score (nSPS) is 10.8. The summed E-state index contributed by atoms with van der Waals surface area (Å²) in [6.07, 6.45) is 1.52. The van der Waals surface area contributed by atoms with Gasteiger partial charge in [0.05, 0.1) is 11.4 Å². The molecule has 2 aliphatic heterocycles. The number of nitroso groups, excluding NO2 is 1. The number of nitrogens with zero attached hydrogens (tertiary/aromatic N) is 5. The van der Waals surface area contributed by atoms with E-state index >= 15 is 0 Å². The van der Waals surface area contributed by atoms with Crippen LogP contribution in [0.15, 0.2) is 51.3 Å². The van der Waals surface area contributed by atoms with E-state index in [2.05, 4.69) is 15.1 Å². The number of benzene rings is 1. The summed E-state index contributed by atoms with van der Waals surface area (Å²) in [5.74, 6) is 0.164. The summed E-state index contributed by atoms with van der Waals surface area (Å²) in [5, 5.41) is 2.76. The standard InChI is InChI=1S/C14H11N5O3/c1-18-8-9(7-15-22)16-11-12(18)17-14(21)19(13(11)20)10-5-3-2-4-6-10/h2-6,8H,7H2,1H3. The van der Waals surface area contributed by atoms with E-state index in [9.17, 15) is 14.5 Å². The summed E-state index contributed by atoms with van der Waals surface area (Å²) >= 11 is 0. The Bertz CT molecular complexity index is 930. The Labute approximate surface area is 124 Å². The molecule has 0 aliphatic carbocycles. The van der Waals surface area contributed by atoms with Crippen molar-refractivity contribution in [3.8, 4) is 17.2 Å². The van der Waals surface area contributed by atoms with Crippen LogP contribution in [0.3, 0.4) is 0 Å². The van der Waals surface area contributed by atoms with E-state index < -0.39 is 11.2 Å². The smallest absolute Gasteiger partial charge is 0.332 e. The molecule has 0 saturated carbocycles. The fraction of sp³-hybridized carbons (Fsp3) is 0.143. The summed E-state index contributed by atoms with van der Waals surface area (Å²) < 4.78 is 2.44. The van der Waals surface area contributed by atoms with Crippen LogP contribution in [0.5, 0.6) is 0 Å². The van der Waals surface area contributed by atoms with Crippen molar-refractivity contribution in [1.29, 1.82) is 0 Å². The lowest BCUT2D eigenvalue weighted by Gasteiger charge is -2.12. The Kier molecular flexibility index (Phi) is 3.34. The van der Waals surface area contributed by atoms with Gasteiger partial charge in [-0.25, -0.2) is 14.3 Å². The van der Waals surface area contributed by atoms with Gasteiger partial charge >= 0.3 is 5.69 Å². The highest BCUT2D eigenvalue weighted by Gasteiger charge is 2.19. The van der Waals surface area contributed by atoms with E-state index in [1.165, 1.54) is 10.8 Å². The molecular formula is C14H11N5O3. The summed E-state index contributed by atoms with van der Waals surface area (Å²) in [7, 11) is 1.62. The fourth-order valence-electron chi connectivity index (χ4n) is 2.23. The van der Waals surface area contributed by atoms with Crippen LogP contribution in [0.1, 0.15) is 5.69 Å². The Morgan fingerprint density at radius 3 is 2.55 bits per heavy atom. The first-order valence-electron chi connectivity index (χ1n) is 6.45. The number of hydrogen-bond donors (Lipinski definition) is 0. The van der Waals surface area contributed by atoms with Crippen LogP contribution < -0.4 is 11.2 Å². The van der Waals surface area contributed by atoms with Gasteiger partial charge in [0.15, 0.2) is 11.5 Å². The van der Waals surface area contributed by atoms with E-state index in [1.807, 2.05) is 0 Å². The molecule has 110 valence electrons. The first kappa shape index (κ1) is 13.8. The molecule has 0 atom stereocenters. The Hall–Kier alpha value is -3.16. The van der Waals surface area contributed by atoms with Crippen molar-refractivity contribution in [2.24, 2.45) is 12.2 Å². The van der Waals surface area contributed by atoms with Crippen molar-refractivity contribution < 1.29 is 0 Å². The monoisotopic (exact) mass is 297 g/mol. The molecule has 8 nitrogen and oxygen atoms in total.